The molecule has 3 rings (SSSR count). The number of aryl methyl sites for hydroxylation is 1. The van der Waals surface area contributed by atoms with Crippen LogP contribution < -0.4 is 0 Å². The molecule has 9 heteroatoms. The summed E-state index contributed by atoms with van der Waals surface area (Å²) in [5.74, 6) is -0.0284. The Bertz CT molecular complexity index is 820. The van der Waals surface area contributed by atoms with Crippen LogP contribution in [-0.4, -0.2) is 49.7 Å². The van der Waals surface area contributed by atoms with Crippen LogP contribution in [0.25, 0.3) is 0 Å². The highest BCUT2D eigenvalue weighted by Gasteiger charge is 2.31. The molecule has 1 amide bonds. The molecule has 0 N–H and O–H groups in total. The number of thiophene rings is 2. The number of piperazine rings is 1. The first-order chi connectivity index (χ1) is 10.9. The Morgan fingerprint density at radius 2 is 1.78 bits per heavy atom. The van der Waals surface area contributed by atoms with Gasteiger partial charge in [0.2, 0.25) is 0 Å². The van der Waals surface area contributed by atoms with Gasteiger partial charge in [0, 0.05) is 31.1 Å². The van der Waals surface area contributed by atoms with Gasteiger partial charge in [0.15, 0.2) is 0 Å². The molecule has 0 bridgehead atoms. The average Bonchev–Trinajstić information content (AvgIpc) is 3.15. The second-order valence-corrected chi connectivity index (χ2v) is 10.3. The number of carbonyl (C=O) groups is 1. The molecular formula is C14H15ClN2O3S3. The summed E-state index contributed by atoms with van der Waals surface area (Å²) in [6.07, 6.45) is 0. The predicted octanol–water partition coefficient (Wildman–Crippen LogP) is 2.92. The predicted molar refractivity (Wildman–Crippen MR) is 93.0 cm³/mol. The van der Waals surface area contributed by atoms with E-state index in [1.165, 1.54) is 21.7 Å². The Morgan fingerprint density at radius 3 is 2.30 bits per heavy atom. The van der Waals surface area contributed by atoms with Crippen molar-refractivity contribution in [1.29, 1.82) is 0 Å². The summed E-state index contributed by atoms with van der Waals surface area (Å²) in [6.45, 7) is 3.35. The van der Waals surface area contributed by atoms with Crippen molar-refractivity contribution in [3.05, 3.63) is 38.4 Å². The first-order valence-corrected chi connectivity index (χ1v) is 10.4. The lowest BCUT2D eigenvalue weighted by molar-refractivity contribution is 0.0703. The van der Waals surface area contributed by atoms with E-state index in [0.717, 1.165) is 16.2 Å². The topological polar surface area (TPSA) is 57.7 Å². The van der Waals surface area contributed by atoms with Gasteiger partial charge in [-0.3, -0.25) is 4.79 Å². The summed E-state index contributed by atoms with van der Waals surface area (Å²) < 4.78 is 27.2. The van der Waals surface area contributed by atoms with Gasteiger partial charge in [-0.05, 0) is 31.2 Å². The van der Waals surface area contributed by atoms with Crippen molar-refractivity contribution in [2.45, 2.75) is 11.1 Å². The fraction of sp³-hybridized carbons (Fsp3) is 0.357. The van der Waals surface area contributed by atoms with E-state index in [9.17, 15) is 13.2 Å². The number of rotatable bonds is 3. The number of carbonyl (C=O) groups excluding carboxylic acids is 1. The lowest BCUT2D eigenvalue weighted by Crippen LogP contribution is -2.50. The van der Waals surface area contributed by atoms with E-state index in [1.54, 1.807) is 11.0 Å². The fourth-order valence-corrected chi connectivity index (χ4v) is 6.30. The lowest BCUT2D eigenvalue weighted by atomic mass is 10.3. The minimum atomic E-state index is -3.52. The van der Waals surface area contributed by atoms with E-state index in [-0.39, 0.29) is 10.1 Å². The molecular weight excluding hydrogens is 376 g/mol. The van der Waals surface area contributed by atoms with Crippen LogP contribution in [0.1, 0.15) is 14.5 Å². The maximum Gasteiger partial charge on any atom is 0.264 e. The van der Waals surface area contributed by atoms with Crippen molar-refractivity contribution in [1.82, 2.24) is 9.21 Å². The molecule has 2 aromatic rings. The molecule has 0 saturated carbocycles. The minimum Gasteiger partial charge on any atom is -0.335 e. The third-order valence-electron chi connectivity index (χ3n) is 3.62. The van der Waals surface area contributed by atoms with Crippen LogP contribution in [0.4, 0.5) is 0 Å². The van der Waals surface area contributed by atoms with Crippen LogP contribution in [0.5, 0.6) is 0 Å². The third-order valence-corrected chi connectivity index (χ3v) is 8.21. The van der Waals surface area contributed by atoms with Crippen LogP contribution in [0.3, 0.4) is 0 Å². The molecule has 0 aliphatic carbocycles. The number of nitrogens with zero attached hydrogens (tertiary/aromatic N) is 2. The summed E-state index contributed by atoms with van der Waals surface area (Å²) in [6, 6.07) is 6.84. The first-order valence-electron chi connectivity index (χ1n) is 6.99. The molecule has 5 nitrogen and oxygen atoms in total. The van der Waals surface area contributed by atoms with Crippen molar-refractivity contribution in [3.8, 4) is 0 Å². The highest BCUT2D eigenvalue weighted by molar-refractivity contribution is 7.91. The molecule has 3 heterocycles. The van der Waals surface area contributed by atoms with E-state index in [1.807, 2.05) is 19.1 Å². The molecule has 0 radical (unpaired) electrons. The molecule has 2 aromatic heterocycles. The monoisotopic (exact) mass is 390 g/mol. The molecule has 0 spiro atoms. The molecule has 23 heavy (non-hydrogen) atoms. The van der Waals surface area contributed by atoms with E-state index in [4.69, 9.17) is 11.6 Å². The zero-order valence-electron chi connectivity index (χ0n) is 12.4. The smallest absolute Gasteiger partial charge is 0.264 e. The van der Waals surface area contributed by atoms with Gasteiger partial charge in [-0.2, -0.15) is 4.31 Å². The molecule has 0 atom stereocenters. The van der Waals surface area contributed by atoms with E-state index in [2.05, 4.69) is 0 Å². The number of hydrogen-bond acceptors (Lipinski definition) is 5. The van der Waals surface area contributed by atoms with Crippen molar-refractivity contribution in [2.24, 2.45) is 0 Å². The fourth-order valence-electron chi connectivity index (χ4n) is 2.40. The summed E-state index contributed by atoms with van der Waals surface area (Å²) in [5.41, 5.74) is 0. The molecule has 0 unspecified atom stereocenters. The Hall–Kier alpha value is -0.930. The van der Waals surface area contributed by atoms with Gasteiger partial charge in [0.1, 0.15) is 4.21 Å². The highest BCUT2D eigenvalue weighted by atomic mass is 35.5. The van der Waals surface area contributed by atoms with Crippen LogP contribution in [0.2, 0.25) is 4.34 Å². The second kappa shape index (κ2) is 6.52. The second-order valence-electron chi connectivity index (χ2n) is 5.17. The Morgan fingerprint density at radius 1 is 1.09 bits per heavy atom. The van der Waals surface area contributed by atoms with Crippen LogP contribution in [0.15, 0.2) is 28.5 Å². The molecule has 1 aliphatic rings. The number of amides is 1. The van der Waals surface area contributed by atoms with Gasteiger partial charge in [-0.1, -0.05) is 11.6 Å². The Labute approximate surface area is 148 Å². The van der Waals surface area contributed by atoms with Gasteiger partial charge in [-0.25, -0.2) is 8.42 Å². The van der Waals surface area contributed by atoms with Crippen molar-refractivity contribution in [2.75, 3.05) is 26.2 Å². The number of hydrogen-bond donors (Lipinski definition) is 0. The SMILES string of the molecule is Cc1ccc(C(=O)N2CCN(S(=O)(=O)c3ccc(Cl)s3)CC2)s1. The summed E-state index contributed by atoms with van der Waals surface area (Å²) in [4.78, 5) is 15.9. The van der Waals surface area contributed by atoms with Crippen LogP contribution in [-0.2, 0) is 10.0 Å². The largest absolute Gasteiger partial charge is 0.335 e. The van der Waals surface area contributed by atoms with E-state index in [0.29, 0.717) is 35.4 Å². The maximum absolute atomic E-state index is 12.5. The summed E-state index contributed by atoms with van der Waals surface area (Å²) >= 11 is 8.34. The van der Waals surface area contributed by atoms with Crippen LogP contribution >= 0.6 is 34.3 Å². The third kappa shape index (κ3) is 3.46. The zero-order chi connectivity index (χ0) is 16.6. The Kier molecular flexibility index (Phi) is 4.80. The van der Waals surface area contributed by atoms with E-state index >= 15 is 0 Å². The molecule has 1 aliphatic heterocycles. The normalized spacial score (nSPS) is 16.7. The van der Waals surface area contributed by atoms with Gasteiger partial charge < -0.3 is 4.90 Å². The number of halogens is 1. The van der Waals surface area contributed by atoms with Crippen molar-refractivity contribution < 1.29 is 13.2 Å². The van der Waals surface area contributed by atoms with E-state index < -0.39 is 10.0 Å². The maximum atomic E-state index is 12.5. The Balaban J connectivity index is 1.67. The van der Waals surface area contributed by atoms with Crippen molar-refractivity contribution in [3.63, 3.8) is 0 Å². The standard InChI is InChI=1S/C14H15ClN2O3S3/c1-10-2-3-11(21-10)14(18)16-6-8-17(9-7-16)23(19,20)13-5-4-12(15)22-13/h2-5H,6-9H2,1H3. The molecule has 0 aromatic carbocycles. The van der Waals surface area contributed by atoms with Gasteiger partial charge >= 0.3 is 0 Å². The minimum absolute atomic E-state index is 0.0284. The quantitative estimate of drug-likeness (QED) is 0.809. The lowest BCUT2D eigenvalue weighted by Gasteiger charge is -2.33. The highest BCUT2D eigenvalue weighted by Crippen LogP contribution is 2.29. The zero-order valence-corrected chi connectivity index (χ0v) is 15.6. The van der Waals surface area contributed by atoms with Gasteiger partial charge in [-0.15, -0.1) is 22.7 Å². The first kappa shape index (κ1) is 16.9. The summed E-state index contributed by atoms with van der Waals surface area (Å²) in [7, 11) is -3.52. The number of sulfonamides is 1. The molecule has 124 valence electrons. The summed E-state index contributed by atoms with van der Waals surface area (Å²) in [5, 5.41) is 0. The van der Waals surface area contributed by atoms with Crippen molar-refractivity contribution >= 4 is 50.2 Å². The molecule has 1 fully saturated rings. The van der Waals surface area contributed by atoms with Gasteiger partial charge in [0.25, 0.3) is 15.9 Å². The van der Waals surface area contributed by atoms with Gasteiger partial charge in [0.05, 0.1) is 9.21 Å². The molecule has 1 saturated heterocycles. The average molecular weight is 391 g/mol. The van der Waals surface area contributed by atoms with Crippen LogP contribution in [0, 0.1) is 6.92 Å².